The van der Waals surface area contributed by atoms with Gasteiger partial charge in [0.25, 0.3) is 0 Å². The highest BCUT2D eigenvalue weighted by Crippen LogP contribution is 2.39. The van der Waals surface area contributed by atoms with Gasteiger partial charge in [0.15, 0.2) is 8.32 Å². The van der Waals surface area contributed by atoms with E-state index in [1.807, 2.05) is 6.08 Å². The number of allylic oxidation sites excluding steroid dienone is 1. The normalized spacial score (nSPS) is 21.3. The molecule has 0 aromatic heterocycles. The molecule has 17 heavy (non-hydrogen) atoms. The van der Waals surface area contributed by atoms with Gasteiger partial charge in [-0.1, -0.05) is 26.8 Å². The van der Waals surface area contributed by atoms with Crippen LogP contribution in [0.1, 0.15) is 33.6 Å². The first-order valence-electron chi connectivity index (χ1n) is 6.15. The fraction of sp³-hybridized carbons (Fsp3) is 0.769. The quantitative estimate of drug-likeness (QED) is 0.574. The highest BCUT2D eigenvalue weighted by Gasteiger charge is 2.41. The maximum absolute atomic E-state index is 11.6. The second kappa shape index (κ2) is 4.94. The summed E-state index contributed by atoms with van der Waals surface area (Å²) in [5.41, 5.74) is 0.706. The summed E-state index contributed by atoms with van der Waals surface area (Å²) < 4.78 is 11.1. The Bertz CT molecular complexity index is 326. The van der Waals surface area contributed by atoms with E-state index in [1.54, 1.807) is 0 Å². The Morgan fingerprint density at radius 1 is 1.41 bits per heavy atom. The van der Waals surface area contributed by atoms with E-state index < -0.39 is 8.32 Å². The number of hydrogen-bond acceptors (Lipinski definition) is 3. The predicted octanol–water partition coefficient (Wildman–Crippen LogP) is 3.27. The summed E-state index contributed by atoms with van der Waals surface area (Å²) in [6.07, 6.45) is 3.69. The zero-order valence-corrected chi connectivity index (χ0v) is 12.8. The molecular weight excluding hydrogens is 232 g/mol. The van der Waals surface area contributed by atoms with Crippen molar-refractivity contribution in [2.24, 2.45) is 0 Å². The van der Waals surface area contributed by atoms with E-state index in [0.717, 1.165) is 12.8 Å². The Labute approximate surface area is 105 Å². The topological polar surface area (TPSA) is 35.5 Å². The largest absolute Gasteiger partial charge is 0.466 e. The van der Waals surface area contributed by atoms with Crippen LogP contribution in [0.4, 0.5) is 0 Å². The third-order valence-corrected chi connectivity index (χ3v) is 8.29. The van der Waals surface area contributed by atoms with Crippen LogP contribution in [-0.4, -0.2) is 27.5 Å². The third kappa shape index (κ3) is 3.19. The summed E-state index contributed by atoms with van der Waals surface area (Å²) in [5, 5.41) is 0.164. The van der Waals surface area contributed by atoms with Crippen molar-refractivity contribution in [1.29, 1.82) is 0 Å². The molecule has 4 heteroatoms. The standard InChI is InChI=1S/C13H24O3Si/c1-13(2,3)17(5,6)16-11-9-7-8-10(11)12(14)15-4/h8,11H,7,9H2,1-6H3. The zero-order valence-electron chi connectivity index (χ0n) is 11.8. The van der Waals surface area contributed by atoms with Crippen molar-refractivity contribution in [3.63, 3.8) is 0 Å². The van der Waals surface area contributed by atoms with Gasteiger partial charge in [0.05, 0.1) is 18.8 Å². The van der Waals surface area contributed by atoms with Crippen molar-refractivity contribution >= 4 is 14.3 Å². The molecule has 98 valence electrons. The van der Waals surface area contributed by atoms with E-state index in [9.17, 15) is 4.79 Å². The number of hydrogen-bond donors (Lipinski definition) is 0. The lowest BCUT2D eigenvalue weighted by Gasteiger charge is -2.38. The van der Waals surface area contributed by atoms with E-state index in [1.165, 1.54) is 7.11 Å². The number of rotatable bonds is 3. The van der Waals surface area contributed by atoms with Gasteiger partial charge in [-0.15, -0.1) is 0 Å². The Balaban J connectivity index is 2.77. The van der Waals surface area contributed by atoms with E-state index >= 15 is 0 Å². The summed E-state index contributed by atoms with van der Waals surface area (Å²) in [4.78, 5) is 11.6. The van der Waals surface area contributed by atoms with Gasteiger partial charge in [0.1, 0.15) is 0 Å². The minimum atomic E-state index is -1.82. The summed E-state index contributed by atoms with van der Waals surface area (Å²) >= 11 is 0. The molecule has 1 atom stereocenters. The van der Waals surface area contributed by atoms with Crippen LogP contribution >= 0.6 is 0 Å². The van der Waals surface area contributed by atoms with Crippen LogP contribution in [0, 0.1) is 0 Å². The van der Waals surface area contributed by atoms with Crippen molar-refractivity contribution < 1.29 is 14.0 Å². The van der Waals surface area contributed by atoms with Crippen LogP contribution in [-0.2, 0) is 14.0 Å². The first-order chi connectivity index (χ1) is 7.69. The number of methoxy groups -OCH3 is 1. The molecule has 0 radical (unpaired) electrons. The molecule has 1 rings (SSSR count). The van der Waals surface area contributed by atoms with Gasteiger partial charge in [-0.05, 0) is 31.0 Å². The molecule has 0 saturated heterocycles. The Kier molecular flexibility index (Phi) is 4.20. The summed E-state index contributed by atoms with van der Waals surface area (Å²) in [6, 6.07) is 0. The summed E-state index contributed by atoms with van der Waals surface area (Å²) in [6.45, 7) is 11.0. The molecule has 0 aromatic carbocycles. The molecule has 1 aliphatic carbocycles. The SMILES string of the molecule is COC(=O)C1=CCCC1O[Si](C)(C)C(C)(C)C. The molecular formula is C13H24O3Si. The number of carbonyl (C=O) groups excluding carboxylic acids is 1. The van der Waals surface area contributed by atoms with E-state index in [-0.39, 0.29) is 17.1 Å². The zero-order chi connectivity index (χ0) is 13.3. The van der Waals surface area contributed by atoms with Crippen molar-refractivity contribution in [2.45, 2.75) is 57.8 Å². The number of ether oxygens (including phenoxy) is 1. The van der Waals surface area contributed by atoms with Crippen LogP contribution < -0.4 is 0 Å². The third-order valence-electron chi connectivity index (χ3n) is 3.80. The van der Waals surface area contributed by atoms with Crippen LogP contribution in [0.25, 0.3) is 0 Å². The minimum Gasteiger partial charge on any atom is -0.466 e. The van der Waals surface area contributed by atoms with E-state index in [4.69, 9.17) is 9.16 Å². The second-order valence-electron chi connectivity index (χ2n) is 6.10. The van der Waals surface area contributed by atoms with Gasteiger partial charge in [0, 0.05) is 0 Å². The van der Waals surface area contributed by atoms with E-state index in [0.29, 0.717) is 5.57 Å². The number of carbonyl (C=O) groups is 1. The highest BCUT2D eigenvalue weighted by molar-refractivity contribution is 6.74. The molecule has 0 fully saturated rings. The van der Waals surface area contributed by atoms with Crippen LogP contribution in [0.5, 0.6) is 0 Å². The average Bonchev–Trinajstić information content (AvgIpc) is 2.62. The monoisotopic (exact) mass is 256 g/mol. The fourth-order valence-corrected chi connectivity index (χ4v) is 2.97. The maximum atomic E-state index is 11.6. The predicted molar refractivity (Wildman–Crippen MR) is 71.4 cm³/mol. The lowest BCUT2D eigenvalue weighted by molar-refractivity contribution is -0.137. The second-order valence-corrected chi connectivity index (χ2v) is 10.9. The lowest BCUT2D eigenvalue weighted by Crippen LogP contribution is -2.44. The van der Waals surface area contributed by atoms with Crippen LogP contribution in [0.2, 0.25) is 18.1 Å². The smallest absolute Gasteiger partial charge is 0.336 e. The van der Waals surface area contributed by atoms with Gasteiger partial charge in [0.2, 0.25) is 0 Å². The van der Waals surface area contributed by atoms with Gasteiger partial charge >= 0.3 is 5.97 Å². The molecule has 3 nitrogen and oxygen atoms in total. The molecule has 0 bridgehead atoms. The molecule has 1 aliphatic rings. The Hall–Kier alpha value is -0.613. The van der Waals surface area contributed by atoms with Crippen LogP contribution in [0.15, 0.2) is 11.6 Å². The lowest BCUT2D eigenvalue weighted by atomic mass is 10.2. The van der Waals surface area contributed by atoms with Gasteiger partial charge in [-0.3, -0.25) is 0 Å². The molecule has 1 unspecified atom stereocenters. The van der Waals surface area contributed by atoms with Crippen molar-refractivity contribution in [1.82, 2.24) is 0 Å². The van der Waals surface area contributed by atoms with E-state index in [2.05, 4.69) is 33.9 Å². The minimum absolute atomic E-state index is 0.0664. The van der Waals surface area contributed by atoms with Gasteiger partial charge < -0.3 is 9.16 Å². The Morgan fingerprint density at radius 3 is 2.47 bits per heavy atom. The van der Waals surface area contributed by atoms with Crippen molar-refractivity contribution in [3.05, 3.63) is 11.6 Å². The molecule has 0 amide bonds. The first kappa shape index (κ1) is 14.4. The fourth-order valence-electron chi connectivity index (χ4n) is 1.66. The molecule has 0 saturated carbocycles. The van der Waals surface area contributed by atoms with Crippen molar-refractivity contribution in [2.75, 3.05) is 7.11 Å². The van der Waals surface area contributed by atoms with Gasteiger partial charge in [-0.25, -0.2) is 4.79 Å². The highest BCUT2D eigenvalue weighted by atomic mass is 28.4. The average molecular weight is 256 g/mol. The molecule has 0 aromatic rings. The van der Waals surface area contributed by atoms with Gasteiger partial charge in [-0.2, -0.15) is 0 Å². The molecule has 0 heterocycles. The van der Waals surface area contributed by atoms with Crippen molar-refractivity contribution in [3.8, 4) is 0 Å². The molecule has 0 aliphatic heterocycles. The Morgan fingerprint density at radius 2 is 2.00 bits per heavy atom. The molecule has 0 N–H and O–H groups in total. The van der Waals surface area contributed by atoms with Crippen LogP contribution in [0.3, 0.4) is 0 Å². The first-order valence-corrected chi connectivity index (χ1v) is 9.06. The summed E-state index contributed by atoms with van der Waals surface area (Å²) in [5.74, 6) is -0.244. The summed E-state index contributed by atoms with van der Waals surface area (Å²) in [7, 11) is -0.397. The maximum Gasteiger partial charge on any atom is 0.336 e. The molecule has 0 spiro atoms. The number of esters is 1.